The van der Waals surface area contributed by atoms with Gasteiger partial charge in [0.1, 0.15) is 0 Å². The zero-order valence-corrected chi connectivity index (χ0v) is 10.3. The van der Waals surface area contributed by atoms with Gasteiger partial charge in [-0.25, -0.2) is 0 Å². The Morgan fingerprint density at radius 3 is 2.50 bits per heavy atom. The number of nitrogens with one attached hydrogen (secondary N) is 1. The lowest BCUT2D eigenvalue weighted by atomic mass is 10.1. The van der Waals surface area contributed by atoms with Crippen molar-refractivity contribution in [2.45, 2.75) is 26.7 Å². The van der Waals surface area contributed by atoms with Crippen molar-refractivity contribution in [3.63, 3.8) is 0 Å². The van der Waals surface area contributed by atoms with E-state index in [4.69, 9.17) is 5.73 Å². The van der Waals surface area contributed by atoms with Crippen LogP contribution >= 0.6 is 0 Å². The zero-order chi connectivity index (χ0) is 11.6. The van der Waals surface area contributed by atoms with Gasteiger partial charge in [0.15, 0.2) is 0 Å². The molecule has 0 radical (unpaired) electrons. The summed E-state index contributed by atoms with van der Waals surface area (Å²) in [5.74, 6) is 0.888. The van der Waals surface area contributed by atoms with E-state index in [9.17, 15) is 0 Å². The quantitative estimate of drug-likeness (QED) is 0.588. The van der Waals surface area contributed by atoms with Crippen molar-refractivity contribution in [2.75, 3.05) is 18.8 Å². The lowest BCUT2D eigenvalue weighted by Crippen LogP contribution is -2.21. The number of hydrogen-bond acceptors (Lipinski definition) is 2. The fraction of sp³-hybridized carbons (Fsp3) is 0.571. The molecule has 1 unspecified atom stereocenters. The number of anilines is 1. The average molecular weight is 218 g/mol. The van der Waals surface area contributed by atoms with Gasteiger partial charge in [0.05, 0.1) is 0 Å². The molecule has 1 aromatic carbocycles. The van der Waals surface area contributed by atoms with E-state index in [1.165, 1.54) is 18.5 Å². The summed E-state index contributed by atoms with van der Waals surface area (Å²) in [5, 5.41) is 3.53. The Kier molecular flexibility index (Phi) is 3.20. The monoisotopic (exact) mass is 218 g/mol. The molecule has 0 amide bonds. The van der Waals surface area contributed by atoms with Crippen molar-refractivity contribution in [2.24, 2.45) is 11.3 Å². The van der Waals surface area contributed by atoms with Crippen molar-refractivity contribution < 1.29 is 0 Å². The van der Waals surface area contributed by atoms with Crippen molar-refractivity contribution in [1.82, 2.24) is 5.32 Å². The smallest absolute Gasteiger partial charge is 0.0314 e. The SMILES string of the molecule is CC1(C)CC1CNCCc1ccc(N)cc1. The van der Waals surface area contributed by atoms with Crippen LogP contribution in [0.1, 0.15) is 25.8 Å². The van der Waals surface area contributed by atoms with Crippen molar-refractivity contribution in [3.05, 3.63) is 29.8 Å². The van der Waals surface area contributed by atoms with E-state index in [1.807, 2.05) is 12.1 Å². The van der Waals surface area contributed by atoms with E-state index in [0.29, 0.717) is 5.41 Å². The molecular formula is C14H22N2. The Balaban J connectivity index is 1.63. The lowest BCUT2D eigenvalue weighted by Gasteiger charge is -2.06. The second-order valence-electron chi connectivity index (χ2n) is 5.59. The molecule has 0 aliphatic heterocycles. The van der Waals surface area contributed by atoms with E-state index in [-0.39, 0.29) is 0 Å². The third-order valence-electron chi connectivity index (χ3n) is 3.68. The fourth-order valence-corrected chi connectivity index (χ4v) is 2.12. The predicted molar refractivity (Wildman–Crippen MR) is 69.3 cm³/mol. The summed E-state index contributed by atoms with van der Waals surface area (Å²) in [5.41, 5.74) is 8.44. The van der Waals surface area contributed by atoms with Gasteiger partial charge in [0.2, 0.25) is 0 Å². The molecule has 0 spiro atoms. The summed E-state index contributed by atoms with van der Waals surface area (Å²) in [6.45, 7) is 6.93. The molecule has 2 heteroatoms. The van der Waals surface area contributed by atoms with Gasteiger partial charge in [-0.3, -0.25) is 0 Å². The first-order valence-electron chi connectivity index (χ1n) is 6.13. The largest absolute Gasteiger partial charge is 0.399 e. The maximum absolute atomic E-state index is 5.64. The van der Waals surface area contributed by atoms with Crippen LogP contribution in [0.15, 0.2) is 24.3 Å². The third-order valence-corrected chi connectivity index (χ3v) is 3.68. The van der Waals surface area contributed by atoms with Gasteiger partial charge in [-0.1, -0.05) is 26.0 Å². The van der Waals surface area contributed by atoms with Crippen molar-refractivity contribution in [1.29, 1.82) is 0 Å². The Morgan fingerprint density at radius 2 is 1.94 bits per heavy atom. The highest BCUT2D eigenvalue weighted by Crippen LogP contribution is 2.50. The maximum atomic E-state index is 5.64. The summed E-state index contributed by atoms with van der Waals surface area (Å²) in [4.78, 5) is 0. The highest BCUT2D eigenvalue weighted by Gasteiger charge is 2.44. The Hall–Kier alpha value is -1.02. The van der Waals surface area contributed by atoms with Gasteiger partial charge in [0.25, 0.3) is 0 Å². The fourth-order valence-electron chi connectivity index (χ4n) is 2.12. The molecule has 1 aromatic rings. The molecule has 1 aliphatic rings. The Morgan fingerprint density at radius 1 is 1.31 bits per heavy atom. The lowest BCUT2D eigenvalue weighted by molar-refractivity contribution is 0.521. The van der Waals surface area contributed by atoms with Crippen LogP contribution in [-0.4, -0.2) is 13.1 Å². The first kappa shape index (κ1) is 11.5. The van der Waals surface area contributed by atoms with Crippen LogP contribution in [0.3, 0.4) is 0 Å². The third kappa shape index (κ3) is 2.99. The van der Waals surface area contributed by atoms with Crippen LogP contribution in [0.25, 0.3) is 0 Å². The van der Waals surface area contributed by atoms with Crippen LogP contribution in [-0.2, 0) is 6.42 Å². The van der Waals surface area contributed by atoms with E-state index in [2.05, 4.69) is 31.3 Å². The van der Waals surface area contributed by atoms with Crippen molar-refractivity contribution in [3.8, 4) is 0 Å². The molecule has 0 aromatic heterocycles. The number of rotatable bonds is 5. The normalized spacial score (nSPS) is 22.0. The van der Waals surface area contributed by atoms with Crippen LogP contribution in [0.5, 0.6) is 0 Å². The number of benzene rings is 1. The van der Waals surface area contributed by atoms with Gasteiger partial charge in [-0.2, -0.15) is 0 Å². The number of nitrogen functional groups attached to an aromatic ring is 1. The molecule has 3 N–H and O–H groups in total. The summed E-state index contributed by atoms with van der Waals surface area (Å²) >= 11 is 0. The first-order chi connectivity index (χ1) is 7.58. The molecule has 0 heterocycles. The average Bonchev–Trinajstić information content (AvgIpc) is 2.84. The maximum Gasteiger partial charge on any atom is 0.0314 e. The van der Waals surface area contributed by atoms with Gasteiger partial charge in [-0.05, 0) is 55.0 Å². The van der Waals surface area contributed by atoms with Crippen LogP contribution in [0.2, 0.25) is 0 Å². The minimum absolute atomic E-state index is 0.591. The van der Waals surface area contributed by atoms with Gasteiger partial charge in [0, 0.05) is 5.69 Å². The van der Waals surface area contributed by atoms with Crippen molar-refractivity contribution >= 4 is 5.69 Å². The molecule has 88 valence electrons. The minimum atomic E-state index is 0.591. The summed E-state index contributed by atoms with van der Waals surface area (Å²) in [7, 11) is 0. The molecule has 1 atom stereocenters. The minimum Gasteiger partial charge on any atom is -0.399 e. The molecule has 2 rings (SSSR count). The zero-order valence-electron chi connectivity index (χ0n) is 10.3. The molecular weight excluding hydrogens is 196 g/mol. The second kappa shape index (κ2) is 4.46. The van der Waals surface area contributed by atoms with Crippen LogP contribution in [0.4, 0.5) is 5.69 Å². The molecule has 16 heavy (non-hydrogen) atoms. The van der Waals surface area contributed by atoms with E-state index >= 15 is 0 Å². The van der Waals surface area contributed by atoms with E-state index in [0.717, 1.165) is 24.6 Å². The van der Waals surface area contributed by atoms with E-state index < -0.39 is 0 Å². The molecule has 0 saturated heterocycles. The topological polar surface area (TPSA) is 38.0 Å². The predicted octanol–water partition coefficient (Wildman–Crippen LogP) is 2.45. The van der Waals surface area contributed by atoms with Crippen LogP contribution in [0, 0.1) is 11.3 Å². The first-order valence-corrected chi connectivity index (χ1v) is 6.13. The molecule has 1 saturated carbocycles. The Labute approximate surface area is 98.2 Å². The molecule has 1 aliphatic carbocycles. The molecule has 1 fully saturated rings. The molecule has 2 nitrogen and oxygen atoms in total. The van der Waals surface area contributed by atoms with Crippen LogP contribution < -0.4 is 11.1 Å². The second-order valence-corrected chi connectivity index (χ2v) is 5.59. The Bertz CT molecular complexity index is 340. The number of nitrogens with two attached hydrogens (primary N) is 1. The summed E-state index contributed by atoms with van der Waals surface area (Å²) in [6.07, 6.45) is 2.47. The van der Waals surface area contributed by atoms with Gasteiger partial charge < -0.3 is 11.1 Å². The highest BCUT2D eigenvalue weighted by molar-refractivity contribution is 5.39. The highest BCUT2D eigenvalue weighted by atomic mass is 14.9. The number of hydrogen-bond donors (Lipinski definition) is 2. The van der Waals surface area contributed by atoms with E-state index in [1.54, 1.807) is 0 Å². The molecule has 0 bridgehead atoms. The summed E-state index contributed by atoms with van der Waals surface area (Å²) in [6, 6.07) is 8.16. The standard InChI is InChI=1S/C14H22N2/c1-14(2)9-12(14)10-16-8-7-11-3-5-13(15)6-4-11/h3-6,12,16H,7-10,15H2,1-2H3. The van der Waals surface area contributed by atoms with Gasteiger partial charge in [-0.15, -0.1) is 0 Å². The van der Waals surface area contributed by atoms with Gasteiger partial charge >= 0.3 is 0 Å². The summed E-state index contributed by atoms with van der Waals surface area (Å²) < 4.78 is 0.